The molecule has 4 rings (SSSR count). The van der Waals surface area contributed by atoms with Crippen LogP contribution < -0.4 is 0 Å². The van der Waals surface area contributed by atoms with Crippen LogP contribution in [0.3, 0.4) is 0 Å². The fourth-order valence-corrected chi connectivity index (χ4v) is 3.49. The number of aliphatic carboxylic acids is 1. The molecule has 1 aliphatic heterocycles. The summed E-state index contributed by atoms with van der Waals surface area (Å²) in [5.74, 6) is 0.686. The fourth-order valence-electron chi connectivity index (χ4n) is 3.49. The van der Waals surface area contributed by atoms with Crippen LogP contribution in [0.2, 0.25) is 0 Å². The number of carbonyl (C=O) groups is 1. The Labute approximate surface area is 156 Å². The first kappa shape index (κ1) is 17.4. The van der Waals surface area contributed by atoms with Crippen molar-refractivity contribution in [2.75, 3.05) is 13.1 Å². The van der Waals surface area contributed by atoms with Crippen LogP contribution in [0.25, 0.3) is 11.6 Å². The summed E-state index contributed by atoms with van der Waals surface area (Å²) in [7, 11) is 0. The molecular weight excluding hydrogens is 346 g/mol. The maximum Gasteiger partial charge on any atom is 0.325 e. The average molecular weight is 367 g/mol. The smallest absolute Gasteiger partial charge is 0.325 e. The van der Waals surface area contributed by atoms with E-state index in [0.717, 1.165) is 43.7 Å². The molecule has 1 N–H and O–H groups in total. The van der Waals surface area contributed by atoms with E-state index in [2.05, 4.69) is 20.0 Å². The third-order valence-electron chi connectivity index (χ3n) is 4.74. The van der Waals surface area contributed by atoms with Gasteiger partial charge < -0.3 is 9.52 Å². The second kappa shape index (κ2) is 7.71. The van der Waals surface area contributed by atoms with Crippen LogP contribution in [0, 0.1) is 0 Å². The Morgan fingerprint density at radius 3 is 2.89 bits per heavy atom. The molecule has 3 aromatic heterocycles. The summed E-state index contributed by atoms with van der Waals surface area (Å²) in [5, 5.41) is 13.3. The predicted molar refractivity (Wildman–Crippen MR) is 96.8 cm³/mol. The molecule has 1 saturated heterocycles. The van der Waals surface area contributed by atoms with Gasteiger partial charge in [-0.1, -0.05) is 0 Å². The zero-order chi connectivity index (χ0) is 18.6. The van der Waals surface area contributed by atoms with Gasteiger partial charge in [0.05, 0.1) is 12.0 Å². The zero-order valence-corrected chi connectivity index (χ0v) is 14.9. The van der Waals surface area contributed by atoms with Crippen LogP contribution in [0.1, 0.15) is 30.0 Å². The van der Waals surface area contributed by atoms with Gasteiger partial charge in [-0.15, -0.1) is 0 Å². The number of piperidine rings is 1. The number of likely N-dealkylation sites (tertiary alicyclic amines) is 1. The SMILES string of the molecule is O=C(O)Cn1ccc(C2CCCN(Cc3cnc(-c4ccco4)nc3)C2)n1. The average Bonchev–Trinajstić information content (AvgIpc) is 3.34. The molecule has 3 aromatic rings. The summed E-state index contributed by atoms with van der Waals surface area (Å²) in [5.41, 5.74) is 2.02. The van der Waals surface area contributed by atoms with Crippen molar-refractivity contribution < 1.29 is 14.3 Å². The van der Waals surface area contributed by atoms with Crippen molar-refractivity contribution in [1.82, 2.24) is 24.6 Å². The summed E-state index contributed by atoms with van der Waals surface area (Å²) in [6.07, 6.45) is 9.18. The molecule has 1 unspecified atom stereocenters. The van der Waals surface area contributed by atoms with Gasteiger partial charge in [0.2, 0.25) is 0 Å². The Morgan fingerprint density at radius 2 is 2.15 bits per heavy atom. The van der Waals surface area contributed by atoms with E-state index >= 15 is 0 Å². The minimum atomic E-state index is -0.882. The number of aromatic nitrogens is 4. The number of carboxylic acid groups (broad SMARTS) is 1. The molecule has 1 atom stereocenters. The third kappa shape index (κ3) is 4.22. The number of carboxylic acids is 1. The van der Waals surface area contributed by atoms with Gasteiger partial charge in [-0.2, -0.15) is 5.10 Å². The van der Waals surface area contributed by atoms with Gasteiger partial charge in [0.1, 0.15) is 6.54 Å². The van der Waals surface area contributed by atoms with Crippen molar-refractivity contribution in [1.29, 1.82) is 0 Å². The van der Waals surface area contributed by atoms with E-state index in [1.54, 1.807) is 12.5 Å². The molecule has 0 spiro atoms. The lowest BCUT2D eigenvalue weighted by Crippen LogP contribution is -2.34. The molecule has 4 heterocycles. The summed E-state index contributed by atoms with van der Waals surface area (Å²) in [6, 6.07) is 5.59. The molecule has 140 valence electrons. The van der Waals surface area contributed by atoms with Crippen molar-refractivity contribution in [3.63, 3.8) is 0 Å². The molecule has 0 radical (unpaired) electrons. The van der Waals surface area contributed by atoms with Crippen molar-refractivity contribution in [2.24, 2.45) is 0 Å². The summed E-state index contributed by atoms with van der Waals surface area (Å²) in [4.78, 5) is 22.0. The molecular formula is C19H21N5O3. The highest BCUT2D eigenvalue weighted by atomic mass is 16.4. The monoisotopic (exact) mass is 367 g/mol. The molecule has 0 aromatic carbocycles. The lowest BCUT2D eigenvalue weighted by molar-refractivity contribution is -0.137. The summed E-state index contributed by atoms with van der Waals surface area (Å²) in [6.45, 7) is 2.59. The first-order valence-corrected chi connectivity index (χ1v) is 8.99. The van der Waals surface area contributed by atoms with Crippen molar-refractivity contribution in [2.45, 2.75) is 31.8 Å². The van der Waals surface area contributed by atoms with E-state index in [-0.39, 0.29) is 6.54 Å². The predicted octanol–water partition coefficient (Wildman–Crippen LogP) is 2.40. The Hall–Kier alpha value is -3.00. The Morgan fingerprint density at radius 1 is 1.30 bits per heavy atom. The number of nitrogens with zero attached hydrogens (tertiary/aromatic N) is 5. The van der Waals surface area contributed by atoms with Gasteiger partial charge >= 0.3 is 5.97 Å². The van der Waals surface area contributed by atoms with Gasteiger partial charge in [0.25, 0.3) is 0 Å². The first-order valence-electron chi connectivity index (χ1n) is 8.99. The van der Waals surface area contributed by atoms with E-state index in [9.17, 15) is 4.79 Å². The van der Waals surface area contributed by atoms with Gasteiger partial charge in [0.15, 0.2) is 11.6 Å². The number of hydrogen-bond donors (Lipinski definition) is 1. The van der Waals surface area contributed by atoms with Crippen LogP contribution in [-0.4, -0.2) is 48.8 Å². The molecule has 1 fully saturated rings. The van der Waals surface area contributed by atoms with Gasteiger partial charge in [-0.05, 0) is 37.6 Å². The Bertz CT molecular complexity index is 888. The minimum Gasteiger partial charge on any atom is -0.480 e. The lowest BCUT2D eigenvalue weighted by atomic mass is 9.95. The molecule has 0 bridgehead atoms. The molecule has 8 nitrogen and oxygen atoms in total. The highest BCUT2D eigenvalue weighted by molar-refractivity contribution is 5.66. The van der Waals surface area contributed by atoms with Crippen LogP contribution in [-0.2, 0) is 17.9 Å². The van der Waals surface area contributed by atoms with Crippen molar-refractivity contribution in [3.8, 4) is 11.6 Å². The first-order chi connectivity index (χ1) is 13.2. The van der Waals surface area contributed by atoms with E-state index < -0.39 is 5.97 Å². The minimum absolute atomic E-state index is 0.101. The third-order valence-corrected chi connectivity index (χ3v) is 4.74. The van der Waals surface area contributed by atoms with Gasteiger partial charge in [0, 0.05) is 43.2 Å². The molecule has 27 heavy (non-hydrogen) atoms. The molecule has 1 aliphatic rings. The second-order valence-electron chi connectivity index (χ2n) is 6.80. The highest BCUT2D eigenvalue weighted by Crippen LogP contribution is 2.26. The Kier molecular flexibility index (Phi) is 4.97. The van der Waals surface area contributed by atoms with Crippen LogP contribution in [0.4, 0.5) is 0 Å². The normalized spacial score (nSPS) is 17.9. The topological polar surface area (TPSA) is 97.3 Å². The second-order valence-corrected chi connectivity index (χ2v) is 6.80. The fraction of sp³-hybridized carbons (Fsp3) is 0.368. The highest BCUT2D eigenvalue weighted by Gasteiger charge is 2.23. The maximum absolute atomic E-state index is 10.8. The van der Waals surface area contributed by atoms with Crippen molar-refractivity contribution in [3.05, 3.63) is 54.3 Å². The molecule has 0 aliphatic carbocycles. The maximum atomic E-state index is 10.8. The lowest BCUT2D eigenvalue weighted by Gasteiger charge is -2.31. The van der Waals surface area contributed by atoms with Crippen LogP contribution in [0.5, 0.6) is 0 Å². The van der Waals surface area contributed by atoms with E-state index in [4.69, 9.17) is 9.52 Å². The van der Waals surface area contributed by atoms with Gasteiger partial charge in [-0.3, -0.25) is 14.4 Å². The van der Waals surface area contributed by atoms with Gasteiger partial charge in [-0.25, -0.2) is 9.97 Å². The molecule has 0 amide bonds. The van der Waals surface area contributed by atoms with Crippen molar-refractivity contribution >= 4 is 5.97 Å². The molecule has 0 saturated carbocycles. The van der Waals surface area contributed by atoms with Crippen LogP contribution in [0.15, 0.2) is 47.5 Å². The number of furan rings is 1. The van der Waals surface area contributed by atoms with E-state index in [1.807, 2.05) is 30.6 Å². The summed E-state index contributed by atoms with van der Waals surface area (Å²) < 4.78 is 6.80. The number of rotatable bonds is 6. The summed E-state index contributed by atoms with van der Waals surface area (Å²) >= 11 is 0. The standard InChI is InChI=1S/C19H21N5O3/c25-18(26)13-24-7-5-16(22-24)15-3-1-6-23(12-15)11-14-9-20-19(21-10-14)17-4-2-8-27-17/h2,4-5,7-10,15H,1,3,6,11-13H2,(H,25,26). The quantitative estimate of drug-likeness (QED) is 0.714. The Balaban J connectivity index is 1.38. The number of hydrogen-bond acceptors (Lipinski definition) is 6. The molecule has 8 heteroatoms. The van der Waals surface area contributed by atoms with Crippen LogP contribution >= 0.6 is 0 Å². The zero-order valence-electron chi connectivity index (χ0n) is 14.9. The van der Waals surface area contributed by atoms with E-state index in [1.165, 1.54) is 4.68 Å². The van der Waals surface area contributed by atoms with E-state index in [0.29, 0.717) is 17.5 Å². The largest absolute Gasteiger partial charge is 0.480 e.